The van der Waals surface area contributed by atoms with Crippen molar-refractivity contribution < 1.29 is 9.53 Å². The molecule has 0 saturated carbocycles. The summed E-state index contributed by atoms with van der Waals surface area (Å²) in [5, 5.41) is 2.58. The van der Waals surface area contributed by atoms with Gasteiger partial charge in [0.05, 0.1) is 23.4 Å². The topological polar surface area (TPSA) is 55.6 Å². The van der Waals surface area contributed by atoms with E-state index in [4.69, 9.17) is 22.1 Å². The van der Waals surface area contributed by atoms with Crippen LogP contribution in [0, 0.1) is 0 Å². The van der Waals surface area contributed by atoms with Gasteiger partial charge in [-0.15, -0.1) is 11.3 Å². The second-order valence-corrected chi connectivity index (χ2v) is 6.34. The van der Waals surface area contributed by atoms with E-state index in [9.17, 15) is 4.79 Å². The number of hydrogen-bond acceptors (Lipinski definition) is 5. The van der Waals surface area contributed by atoms with Crippen LogP contribution in [0.25, 0.3) is 0 Å². The van der Waals surface area contributed by atoms with Gasteiger partial charge in [0.15, 0.2) is 0 Å². The first-order valence-electron chi connectivity index (χ1n) is 6.57. The molecule has 1 aromatic carbocycles. The predicted molar refractivity (Wildman–Crippen MR) is 86.3 cm³/mol. The van der Waals surface area contributed by atoms with Crippen LogP contribution in [-0.4, -0.2) is 19.6 Å². The number of esters is 1. The van der Waals surface area contributed by atoms with Crippen molar-refractivity contribution in [1.29, 1.82) is 0 Å². The Morgan fingerprint density at radius 1 is 1.48 bits per heavy atom. The van der Waals surface area contributed by atoms with Crippen molar-refractivity contribution in [3.8, 4) is 0 Å². The predicted octanol–water partition coefficient (Wildman–Crippen LogP) is 3.33. The smallest absolute Gasteiger partial charge is 0.340 e. The summed E-state index contributed by atoms with van der Waals surface area (Å²) < 4.78 is 4.85. The van der Waals surface area contributed by atoms with Crippen LogP contribution in [-0.2, 0) is 17.7 Å². The van der Waals surface area contributed by atoms with E-state index in [1.165, 1.54) is 17.6 Å². The minimum Gasteiger partial charge on any atom is -0.465 e. The molecule has 110 valence electrons. The molecule has 0 amide bonds. The van der Waals surface area contributed by atoms with Gasteiger partial charge in [-0.25, -0.2) is 4.79 Å². The number of carbonyl (C=O) groups is 1. The van der Waals surface area contributed by atoms with Crippen molar-refractivity contribution in [2.24, 2.45) is 0 Å². The Kier molecular flexibility index (Phi) is 3.78. The third kappa shape index (κ3) is 2.59. The lowest BCUT2D eigenvalue weighted by Gasteiger charge is -2.31. The largest absolute Gasteiger partial charge is 0.465 e. The van der Waals surface area contributed by atoms with E-state index >= 15 is 0 Å². The Morgan fingerprint density at radius 2 is 2.29 bits per heavy atom. The van der Waals surface area contributed by atoms with Gasteiger partial charge in [0.1, 0.15) is 0 Å². The summed E-state index contributed by atoms with van der Waals surface area (Å²) in [5.74, 6) is -0.421. The molecule has 6 heteroatoms. The Labute approximate surface area is 132 Å². The molecule has 0 aliphatic carbocycles. The lowest BCUT2D eigenvalue weighted by molar-refractivity contribution is 0.0601. The fourth-order valence-electron chi connectivity index (χ4n) is 2.65. The van der Waals surface area contributed by atoms with Gasteiger partial charge in [-0.3, -0.25) is 0 Å². The van der Waals surface area contributed by atoms with E-state index in [0.29, 0.717) is 22.0 Å². The normalized spacial score (nSPS) is 13.9. The molecular formula is C15H15ClN2O2S. The molecule has 0 radical (unpaired) electrons. The fraction of sp³-hybridized carbons (Fsp3) is 0.267. The van der Waals surface area contributed by atoms with Gasteiger partial charge >= 0.3 is 5.97 Å². The summed E-state index contributed by atoms with van der Waals surface area (Å²) in [7, 11) is 1.36. The minimum atomic E-state index is -0.421. The third-order valence-electron chi connectivity index (χ3n) is 3.61. The number of anilines is 2. The minimum absolute atomic E-state index is 0.418. The summed E-state index contributed by atoms with van der Waals surface area (Å²) in [5.41, 5.74) is 8.67. The monoisotopic (exact) mass is 322 g/mol. The van der Waals surface area contributed by atoms with Crippen molar-refractivity contribution in [3.05, 3.63) is 44.6 Å². The number of halogens is 1. The molecule has 4 nitrogen and oxygen atoms in total. The molecule has 1 aromatic heterocycles. The number of thiophene rings is 1. The van der Waals surface area contributed by atoms with Gasteiger partial charge in [-0.1, -0.05) is 11.6 Å². The van der Waals surface area contributed by atoms with Crippen LogP contribution in [0.5, 0.6) is 0 Å². The summed E-state index contributed by atoms with van der Waals surface area (Å²) in [6, 6.07) is 5.41. The van der Waals surface area contributed by atoms with Crippen LogP contribution >= 0.6 is 22.9 Å². The van der Waals surface area contributed by atoms with Crippen LogP contribution in [0.4, 0.5) is 11.4 Å². The lowest BCUT2D eigenvalue weighted by atomic mass is 10.1. The first-order valence-corrected chi connectivity index (χ1v) is 7.83. The van der Waals surface area contributed by atoms with Crippen LogP contribution < -0.4 is 10.6 Å². The van der Waals surface area contributed by atoms with Gasteiger partial charge < -0.3 is 15.4 Å². The van der Waals surface area contributed by atoms with E-state index in [1.807, 2.05) is 0 Å². The summed E-state index contributed by atoms with van der Waals surface area (Å²) in [6.45, 7) is 1.56. The number of hydrogen-bond donors (Lipinski definition) is 1. The molecule has 0 saturated heterocycles. The lowest BCUT2D eigenvalue weighted by Crippen LogP contribution is -2.31. The maximum atomic E-state index is 12.0. The number of nitrogens with two attached hydrogens (primary N) is 1. The van der Waals surface area contributed by atoms with Crippen molar-refractivity contribution in [1.82, 2.24) is 0 Å². The Balaban J connectivity index is 2.04. The number of benzene rings is 1. The van der Waals surface area contributed by atoms with E-state index in [1.54, 1.807) is 23.5 Å². The van der Waals surface area contributed by atoms with E-state index in [-0.39, 0.29) is 0 Å². The Hall–Kier alpha value is -1.72. The Bertz CT molecular complexity index is 699. The molecule has 1 aliphatic rings. The number of carbonyl (C=O) groups excluding carboxylic acids is 1. The maximum Gasteiger partial charge on any atom is 0.340 e. The number of fused-ring (bicyclic) bond motifs is 1. The first kappa shape index (κ1) is 14.2. The van der Waals surface area contributed by atoms with Gasteiger partial charge in [-0.2, -0.15) is 0 Å². The molecule has 0 fully saturated rings. The average Bonchev–Trinajstić information content (AvgIpc) is 2.92. The van der Waals surface area contributed by atoms with Gasteiger partial charge in [-0.05, 0) is 35.6 Å². The summed E-state index contributed by atoms with van der Waals surface area (Å²) in [4.78, 5) is 15.5. The molecule has 2 N–H and O–H groups in total. The molecule has 3 rings (SSSR count). The van der Waals surface area contributed by atoms with Crippen molar-refractivity contribution in [2.45, 2.75) is 13.0 Å². The third-order valence-corrected chi connectivity index (χ3v) is 4.93. The standard InChI is InChI=1S/C15H15ClN2O2S/c1-20-15(19)11-6-10(17)7-12(16)14(11)18-4-2-13-9(8-18)3-5-21-13/h3,5-7H,2,4,8,17H2,1H3. The molecule has 0 spiro atoms. The molecular weight excluding hydrogens is 308 g/mol. The molecule has 2 heterocycles. The van der Waals surface area contributed by atoms with Crippen molar-refractivity contribution >= 4 is 40.3 Å². The molecule has 0 atom stereocenters. The van der Waals surface area contributed by atoms with Crippen LogP contribution in [0.3, 0.4) is 0 Å². The van der Waals surface area contributed by atoms with Crippen LogP contribution in [0.15, 0.2) is 23.6 Å². The number of ether oxygens (including phenoxy) is 1. The summed E-state index contributed by atoms with van der Waals surface area (Å²) >= 11 is 8.12. The van der Waals surface area contributed by atoms with E-state index < -0.39 is 5.97 Å². The molecule has 2 aromatic rings. The van der Waals surface area contributed by atoms with Crippen molar-refractivity contribution in [2.75, 3.05) is 24.3 Å². The quantitative estimate of drug-likeness (QED) is 0.680. The molecule has 0 unspecified atom stereocenters. The second-order valence-electron chi connectivity index (χ2n) is 4.93. The molecule has 0 bridgehead atoms. The average molecular weight is 323 g/mol. The highest BCUT2D eigenvalue weighted by Gasteiger charge is 2.25. The highest BCUT2D eigenvalue weighted by molar-refractivity contribution is 7.10. The van der Waals surface area contributed by atoms with Gasteiger partial charge in [0, 0.05) is 23.7 Å². The highest BCUT2D eigenvalue weighted by atomic mass is 35.5. The van der Waals surface area contributed by atoms with E-state index in [0.717, 1.165) is 19.5 Å². The number of rotatable bonds is 2. The fourth-order valence-corrected chi connectivity index (χ4v) is 3.88. The zero-order valence-electron chi connectivity index (χ0n) is 11.6. The SMILES string of the molecule is COC(=O)c1cc(N)cc(Cl)c1N1CCc2sccc2C1. The van der Waals surface area contributed by atoms with Gasteiger partial charge in [0.25, 0.3) is 0 Å². The van der Waals surface area contributed by atoms with Crippen LogP contribution in [0.1, 0.15) is 20.8 Å². The zero-order valence-corrected chi connectivity index (χ0v) is 13.1. The molecule has 1 aliphatic heterocycles. The Morgan fingerprint density at radius 3 is 3.05 bits per heavy atom. The van der Waals surface area contributed by atoms with Crippen LogP contribution in [0.2, 0.25) is 5.02 Å². The highest BCUT2D eigenvalue weighted by Crippen LogP contribution is 2.36. The van der Waals surface area contributed by atoms with Crippen molar-refractivity contribution in [3.63, 3.8) is 0 Å². The zero-order chi connectivity index (χ0) is 15.0. The maximum absolute atomic E-state index is 12.0. The number of methoxy groups -OCH3 is 1. The first-order chi connectivity index (χ1) is 10.1. The number of nitrogen functional groups attached to an aromatic ring is 1. The summed E-state index contributed by atoms with van der Waals surface area (Å²) in [6.07, 6.45) is 0.953. The van der Waals surface area contributed by atoms with Gasteiger partial charge in [0.2, 0.25) is 0 Å². The number of nitrogens with zero attached hydrogens (tertiary/aromatic N) is 1. The second kappa shape index (κ2) is 5.58. The molecule has 21 heavy (non-hydrogen) atoms. The van der Waals surface area contributed by atoms with E-state index in [2.05, 4.69) is 16.3 Å².